The molecule has 0 aromatic heterocycles. The summed E-state index contributed by atoms with van der Waals surface area (Å²) in [6.07, 6.45) is 0.235. The Balaban J connectivity index is 0.000000947. The van der Waals surface area contributed by atoms with E-state index in [2.05, 4.69) is 4.89 Å². The van der Waals surface area contributed by atoms with Crippen LogP contribution >= 0.6 is 35.1 Å². The van der Waals surface area contributed by atoms with Gasteiger partial charge in [-0.05, 0) is 47.0 Å². The molecule has 4 heterocycles. The van der Waals surface area contributed by atoms with Crippen LogP contribution in [0.15, 0.2) is 71.1 Å². The van der Waals surface area contributed by atoms with Gasteiger partial charge in [-0.15, -0.1) is 23.5 Å². The molecule has 4 atom stereocenters. The van der Waals surface area contributed by atoms with Crippen LogP contribution in [-0.4, -0.2) is 115 Å². The Bertz CT molecular complexity index is 2110. The second-order valence-corrected chi connectivity index (χ2v) is 15.6. The number of Topliss-reactive ketones (excluding diaryl/α,β-unsaturated/α-hetero) is 1. The molecular formula is C38H38ClF2N3Na2O15S2. The van der Waals surface area contributed by atoms with E-state index in [4.69, 9.17) is 42.0 Å². The van der Waals surface area contributed by atoms with Crippen LogP contribution in [0.1, 0.15) is 32.8 Å². The van der Waals surface area contributed by atoms with Crippen LogP contribution in [0.3, 0.4) is 0 Å². The number of amides is 2. The molecule has 2 amide bonds. The topological polar surface area (TPSA) is 277 Å². The van der Waals surface area contributed by atoms with Gasteiger partial charge in [0.1, 0.15) is 53.4 Å². The Kier molecular flexibility index (Phi) is 25.1. The van der Waals surface area contributed by atoms with Gasteiger partial charge in [0.25, 0.3) is 6.47 Å². The van der Waals surface area contributed by atoms with Crippen molar-refractivity contribution >= 4 is 88.3 Å². The van der Waals surface area contributed by atoms with E-state index in [1.165, 1.54) is 95.7 Å². The first kappa shape index (κ1) is 57.3. The van der Waals surface area contributed by atoms with Gasteiger partial charge in [-0.2, -0.15) is 0 Å². The number of halogens is 3. The van der Waals surface area contributed by atoms with E-state index < -0.39 is 64.1 Å². The minimum absolute atomic E-state index is 0. The first-order valence-corrected chi connectivity index (χ1v) is 20.0. The van der Waals surface area contributed by atoms with Gasteiger partial charge in [0.05, 0.1) is 11.3 Å². The number of nitrogens with two attached hydrogens (primary N) is 1. The number of ketones is 1. The maximum Gasteiger partial charge on any atom is 1.00 e. The smallest absolute Gasteiger partial charge is 1.00 e. The number of hydrogen-bond donors (Lipinski definition) is 3. The largest absolute Gasteiger partial charge is 1.00 e. The number of β-lactam (4-membered cyclic amide) rings is 2. The summed E-state index contributed by atoms with van der Waals surface area (Å²) in [5, 5.41) is 25.9. The van der Waals surface area contributed by atoms with Gasteiger partial charge in [-0.3, -0.25) is 43.4 Å². The van der Waals surface area contributed by atoms with Gasteiger partial charge in [-0.1, -0.05) is 24.3 Å². The number of carbonyl (C=O) groups is 9. The zero-order valence-electron chi connectivity index (χ0n) is 35.1. The molecule has 4 N–H and O–H groups in total. The summed E-state index contributed by atoms with van der Waals surface area (Å²) in [7, 11) is 0. The molecule has 0 unspecified atom stereocenters. The number of carbonyl (C=O) groups excluding carboxylic acids is 7. The molecule has 4 aliphatic heterocycles. The maximum absolute atomic E-state index is 12.9. The van der Waals surface area contributed by atoms with Crippen LogP contribution in [0.25, 0.3) is 0 Å². The van der Waals surface area contributed by atoms with Crippen LogP contribution in [0, 0.1) is 17.6 Å². The number of carboxylic acids is 2. The monoisotopic (exact) mass is 959 g/mol. The minimum Gasteiger partial charge on any atom is -1.00 e. The summed E-state index contributed by atoms with van der Waals surface area (Å²) >= 11 is 7.84. The van der Waals surface area contributed by atoms with Crippen molar-refractivity contribution in [1.29, 1.82) is 0 Å². The van der Waals surface area contributed by atoms with E-state index >= 15 is 0 Å². The van der Waals surface area contributed by atoms with Gasteiger partial charge >= 0.3 is 83.0 Å². The van der Waals surface area contributed by atoms with Crippen LogP contribution < -0.4 is 70.1 Å². The predicted octanol–water partition coefficient (Wildman–Crippen LogP) is -4.42. The van der Waals surface area contributed by atoms with E-state index in [1.54, 1.807) is 0 Å². The summed E-state index contributed by atoms with van der Waals surface area (Å²) in [4.78, 5) is 105. The fourth-order valence-electron chi connectivity index (χ4n) is 5.91. The third kappa shape index (κ3) is 16.7. The summed E-state index contributed by atoms with van der Waals surface area (Å²) in [5.74, 6) is -5.13. The molecule has 0 aliphatic carbocycles. The third-order valence-electron chi connectivity index (χ3n) is 8.61. The Hall–Kier alpha value is -3.68. The number of rotatable bonds is 13. The predicted molar refractivity (Wildman–Crippen MR) is 209 cm³/mol. The summed E-state index contributed by atoms with van der Waals surface area (Å²) in [6.45, 7) is 1.98. The van der Waals surface area contributed by atoms with Crippen molar-refractivity contribution in [1.82, 2.24) is 9.80 Å². The van der Waals surface area contributed by atoms with Gasteiger partial charge in [-0.25, -0.2) is 18.4 Å². The molecule has 0 spiro atoms. The first-order chi connectivity index (χ1) is 28.8. The van der Waals surface area contributed by atoms with Gasteiger partial charge in [0, 0.05) is 55.8 Å². The fraction of sp³-hybridized carbons (Fsp3) is 0.342. The van der Waals surface area contributed by atoms with Crippen molar-refractivity contribution in [2.24, 2.45) is 11.7 Å². The van der Waals surface area contributed by atoms with Crippen LogP contribution in [0.5, 0.6) is 0 Å². The zero-order valence-corrected chi connectivity index (χ0v) is 40.5. The van der Waals surface area contributed by atoms with Gasteiger partial charge in [0.2, 0.25) is 17.1 Å². The number of thioether (sulfide) groups is 2. The van der Waals surface area contributed by atoms with Crippen molar-refractivity contribution in [3.8, 4) is 0 Å². The molecule has 0 bridgehead atoms. The Morgan fingerprint density at radius 1 is 0.794 bits per heavy atom. The minimum atomic E-state index is -1.27. The Morgan fingerprint density at radius 2 is 1.19 bits per heavy atom. The zero-order chi connectivity index (χ0) is 45.6. The molecule has 6 rings (SSSR count). The van der Waals surface area contributed by atoms with E-state index in [-0.39, 0.29) is 128 Å². The van der Waals surface area contributed by atoms with Crippen LogP contribution in [0.2, 0.25) is 0 Å². The fourth-order valence-corrected chi connectivity index (χ4v) is 8.73. The molecule has 25 heteroatoms. The molecule has 4 aliphatic rings. The van der Waals surface area contributed by atoms with E-state index in [9.17, 15) is 52.2 Å². The van der Waals surface area contributed by atoms with Crippen LogP contribution in [0.4, 0.5) is 8.78 Å². The second kappa shape index (κ2) is 27.6. The van der Waals surface area contributed by atoms with E-state index in [1.807, 2.05) is 0 Å². The maximum atomic E-state index is 12.9. The van der Waals surface area contributed by atoms with Crippen LogP contribution in [-0.2, 0) is 70.4 Å². The molecule has 2 fully saturated rings. The van der Waals surface area contributed by atoms with Gasteiger partial charge < -0.3 is 37.0 Å². The SMILES string of the molecule is CC(=O)OCC1=C(C(=O)O)N2C(=O)[C@@H](CC(=O)Cc3ccc(F)cc3)[C@H]2SC1.CC(=O)OCC1=C(C(=O)O)N2C(=O)[C@@H](N)[C@H]2SC1.O=C(Cl)Cc1ccc(F)cc1.O=CO[O-].[H-].[Na+].[Na+]. The van der Waals surface area contributed by atoms with Crippen molar-refractivity contribution in [2.45, 2.75) is 49.9 Å². The summed E-state index contributed by atoms with van der Waals surface area (Å²) in [5.41, 5.74) is 7.47. The second-order valence-electron chi connectivity index (χ2n) is 12.9. The Morgan fingerprint density at radius 3 is 1.57 bits per heavy atom. The molecule has 0 radical (unpaired) electrons. The molecule has 2 saturated heterocycles. The number of carboxylic acid groups (broad SMARTS) is 2. The summed E-state index contributed by atoms with van der Waals surface area (Å²) < 4.78 is 34.9. The number of fused-ring (bicyclic) bond motifs is 2. The molecular weight excluding hydrogens is 922 g/mol. The quantitative estimate of drug-likeness (QED) is 0.0325. The molecule has 330 valence electrons. The number of hydrogen-bond acceptors (Lipinski definition) is 16. The average molecular weight is 960 g/mol. The number of esters is 2. The number of nitrogens with zero attached hydrogens (tertiary/aromatic N) is 2. The van der Waals surface area contributed by atoms with Crippen molar-refractivity contribution in [3.63, 3.8) is 0 Å². The van der Waals surface area contributed by atoms with E-state index in [0.717, 1.165) is 5.56 Å². The first-order valence-electron chi connectivity index (χ1n) is 17.5. The molecule has 2 aromatic rings. The summed E-state index contributed by atoms with van der Waals surface area (Å²) in [6, 6.07) is 10.6. The van der Waals surface area contributed by atoms with Crippen molar-refractivity contribution < 1.29 is 142 Å². The molecule has 18 nitrogen and oxygen atoms in total. The number of aliphatic carboxylic acids is 2. The standard InChI is InChI=1S/C19H18FNO6S.C10H12N2O5S.C8H6ClFO.CH2O3.2Na.H/c1-10(22)27-8-12-9-28-18-15(17(24)21(18)16(12)19(25)26)7-14(23)6-11-2-4-13(20)5-3-11;1-4(13)17-2-5-3-18-9-6(11)8(14)12(9)7(5)10(15)16;9-8(11)5-6-1-3-7(10)4-2-6;2-1-4-3;;;/h2-5,15,18H,6-9H2,1H3,(H,25,26);6,9H,2-3,11H2,1H3,(H,15,16);1-4H,5H2;1,3H;;;/q;;;;2*+1;-1/p-1/t15-,18-;6-,9-;;;;;/m11...../s1. The number of benzene rings is 2. The number of ether oxygens (including phenoxy) is 2. The molecule has 63 heavy (non-hydrogen) atoms. The third-order valence-corrected chi connectivity index (χ3v) is 11.5. The van der Waals surface area contributed by atoms with E-state index in [0.29, 0.717) is 28.2 Å². The van der Waals surface area contributed by atoms with Gasteiger partial charge in [0.15, 0.2) is 0 Å². The molecule has 2 aromatic carbocycles. The van der Waals surface area contributed by atoms with Crippen molar-refractivity contribution in [2.75, 3.05) is 24.7 Å². The van der Waals surface area contributed by atoms with Crippen molar-refractivity contribution in [3.05, 3.63) is 93.8 Å². The molecule has 0 saturated carbocycles. The average Bonchev–Trinajstić information content (AvgIpc) is 3.22. The normalized spacial score (nSPS) is 19.0. The Labute approximate surface area is 417 Å².